The summed E-state index contributed by atoms with van der Waals surface area (Å²) >= 11 is 0. The van der Waals surface area contributed by atoms with Crippen molar-refractivity contribution in [3.8, 4) is 6.07 Å². The molecule has 1 aromatic rings. The Labute approximate surface area is 120 Å². The molecule has 106 valence electrons. The van der Waals surface area contributed by atoms with Gasteiger partial charge in [-0.15, -0.1) is 0 Å². The molecular formula is C16H22N4. The summed E-state index contributed by atoms with van der Waals surface area (Å²) in [6.07, 6.45) is 3.50. The Hall–Kier alpha value is -1.57. The van der Waals surface area contributed by atoms with Crippen molar-refractivity contribution in [2.45, 2.75) is 31.3 Å². The normalized spacial score (nSPS) is 24.8. The molecule has 2 heterocycles. The number of nitrogens with zero attached hydrogens (tertiary/aromatic N) is 3. The van der Waals surface area contributed by atoms with Crippen LogP contribution in [0.15, 0.2) is 24.3 Å². The second-order valence-corrected chi connectivity index (χ2v) is 5.92. The minimum absolute atomic E-state index is 0.405. The fourth-order valence-electron chi connectivity index (χ4n) is 3.31. The van der Waals surface area contributed by atoms with E-state index in [1.54, 1.807) is 0 Å². The van der Waals surface area contributed by atoms with Crippen LogP contribution in [0.4, 0.5) is 5.69 Å². The zero-order valence-electron chi connectivity index (χ0n) is 11.8. The maximum Gasteiger partial charge on any atom is 0.0991 e. The Bertz CT molecular complexity index is 482. The third-order valence-corrected chi connectivity index (χ3v) is 4.62. The van der Waals surface area contributed by atoms with Crippen LogP contribution >= 0.6 is 0 Å². The lowest BCUT2D eigenvalue weighted by Crippen LogP contribution is -2.46. The van der Waals surface area contributed by atoms with Crippen LogP contribution in [0, 0.1) is 11.3 Å². The molecular weight excluding hydrogens is 248 g/mol. The van der Waals surface area contributed by atoms with Gasteiger partial charge in [-0.3, -0.25) is 4.90 Å². The van der Waals surface area contributed by atoms with Gasteiger partial charge in [0.05, 0.1) is 11.6 Å². The van der Waals surface area contributed by atoms with E-state index in [9.17, 15) is 0 Å². The Morgan fingerprint density at radius 2 is 1.75 bits per heavy atom. The number of hydrogen-bond donors (Lipinski definition) is 1. The molecule has 0 saturated carbocycles. The molecule has 0 spiro atoms. The van der Waals surface area contributed by atoms with Gasteiger partial charge < -0.3 is 10.6 Å². The van der Waals surface area contributed by atoms with Crippen molar-refractivity contribution >= 4 is 5.69 Å². The molecule has 0 aliphatic carbocycles. The van der Waals surface area contributed by atoms with Gasteiger partial charge in [-0.05, 0) is 56.6 Å². The molecule has 2 saturated heterocycles. The number of anilines is 1. The Morgan fingerprint density at radius 1 is 1.05 bits per heavy atom. The van der Waals surface area contributed by atoms with E-state index in [1.165, 1.54) is 12.1 Å². The van der Waals surface area contributed by atoms with Gasteiger partial charge in [-0.25, -0.2) is 0 Å². The number of nitriles is 1. The molecule has 4 heteroatoms. The summed E-state index contributed by atoms with van der Waals surface area (Å²) in [5.74, 6) is 0. The molecule has 1 atom stereocenters. The summed E-state index contributed by atoms with van der Waals surface area (Å²) in [4.78, 5) is 5.04. The molecule has 20 heavy (non-hydrogen) atoms. The van der Waals surface area contributed by atoms with Crippen LogP contribution in [0.2, 0.25) is 0 Å². The van der Waals surface area contributed by atoms with Gasteiger partial charge in [0.1, 0.15) is 0 Å². The summed E-state index contributed by atoms with van der Waals surface area (Å²) in [5, 5.41) is 8.85. The molecule has 2 N–H and O–H groups in total. The molecule has 4 nitrogen and oxygen atoms in total. The first kappa shape index (κ1) is 13.4. The highest BCUT2D eigenvalue weighted by atomic mass is 15.3. The molecule has 0 radical (unpaired) electrons. The highest BCUT2D eigenvalue weighted by Crippen LogP contribution is 2.25. The summed E-state index contributed by atoms with van der Waals surface area (Å²) in [6.45, 7) is 4.50. The molecule has 1 unspecified atom stereocenters. The van der Waals surface area contributed by atoms with Gasteiger partial charge in [0.2, 0.25) is 0 Å². The Kier molecular flexibility index (Phi) is 3.90. The van der Waals surface area contributed by atoms with E-state index in [0.29, 0.717) is 12.1 Å². The Balaban J connectivity index is 1.60. The fraction of sp³-hybridized carbons (Fsp3) is 0.562. The van der Waals surface area contributed by atoms with Crippen molar-refractivity contribution in [2.75, 3.05) is 31.1 Å². The van der Waals surface area contributed by atoms with Crippen LogP contribution in [0.5, 0.6) is 0 Å². The van der Waals surface area contributed by atoms with Crippen LogP contribution in [0.3, 0.4) is 0 Å². The topological polar surface area (TPSA) is 56.3 Å². The summed E-state index contributed by atoms with van der Waals surface area (Å²) in [7, 11) is 0. The standard InChI is InChI=1S/C16H22N4/c17-11-13-1-3-15(4-2-13)20-10-7-16(12-20)19-8-5-14(18)6-9-19/h1-4,14,16H,5-10,12,18H2. The number of hydrogen-bond acceptors (Lipinski definition) is 4. The van der Waals surface area contributed by atoms with E-state index in [0.717, 1.165) is 44.6 Å². The number of nitrogens with two attached hydrogens (primary N) is 1. The van der Waals surface area contributed by atoms with Crippen LogP contribution in [0.25, 0.3) is 0 Å². The molecule has 2 aliphatic heterocycles. The first-order valence-corrected chi connectivity index (χ1v) is 7.51. The molecule has 0 amide bonds. The van der Waals surface area contributed by atoms with Crippen molar-refractivity contribution in [1.82, 2.24) is 4.90 Å². The molecule has 1 aromatic carbocycles. The molecule has 2 aliphatic rings. The quantitative estimate of drug-likeness (QED) is 0.886. The number of benzene rings is 1. The summed E-state index contributed by atoms with van der Waals surface area (Å²) < 4.78 is 0. The minimum Gasteiger partial charge on any atom is -0.370 e. The van der Waals surface area contributed by atoms with Gasteiger partial charge in [-0.2, -0.15) is 5.26 Å². The lowest BCUT2D eigenvalue weighted by atomic mass is 10.0. The highest BCUT2D eigenvalue weighted by Gasteiger charge is 2.29. The zero-order chi connectivity index (χ0) is 13.9. The van der Waals surface area contributed by atoms with E-state index in [4.69, 9.17) is 11.0 Å². The Morgan fingerprint density at radius 3 is 2.40 bits per heavy atom. The summed E-state index contributed by atoms with van der Waals surface area (Å²) in [5.41, 5.74) is 7.95. The second kappa shape index (κ2) is 5.82. The van der Waals surface area contributed by atoms with E-state index >= 15 is 0 Å². The second-order valence-electron chi connectivity index (χ2n) is 5.92. The number of rotatable bonds is 2. The van der Waals surface area contributed by atoms with Crippen LogP contribution in [-0.2, 0) is 0 Å². The zero-order valence-corrected chi connectivity index (χ0v) is 11.8. The smallest absolute Gasteiger partial charge is 0.0991 e. The minimum atomic E-state index is 0.405. The largest absolute Gasteiger partial charge is 0.370 e. The predicted octanol–water partition coefficient (Wildman–Crippen LogP) is 1.56. The lowest BCUT2D eigenvalue weighted by Gasteiger charge is -2.34. The highest BCUT2D eigenvalue weighted by molar-refractivity contribution is 5.50. The van der Waals surface area contributed by atoms with Crippen LogP contribution in [0.1, 0.15) is 24.8 Å². The van der Waals surface area contributed by atoms with Crippen molar-refractivity contribution in [3.63, 3.8) is 0 Å². The molecule has 2 fully saturated rings. The van der Waals surface area contributed by atoms with Gasteiger partial charge in [0, 0.05) is 30.9 Å². The van der Waals surface area contributed by atoms with Crippen LogP contribution < -0.4 is 10.6 Å². The van der Waals surface area contributed by atoms with Crippen molar-refractivity contribution in [2.24, 2.45) is 5.73 Å². The molecule has 0 aromatic heterocycles. The van der Waals surface area contributed by atoms with E-state index in [1.807, 2.05) is 12.1 Å². The third kappa shape index (κ3) is 2.79. The predicted molar refractivity (Wildman–Crippen MR) is 80.6 cm³/mol. The number of likely N-dealkylation sites (tertiary alicyclic amines) is 1. The van der Waals surface area contributed by atoms with Gasteiger partial charge in [0.15, 0.2) is 0 Å². The van der Waals surface area contributed by atoms with E-state index in [2.05, 4.69) is 28.0 Å². The van der Waals surface area contributed by atoms with Crippen molar-refractivity contribution < 1.29 is 0 Å². The molecule has 3 rings (SSSR count). The van der Waals surface area contributed by atoms with Gasteiger partial charge >= 0.3 is 0 Å². The fourth-order valence-corrected chi connectivity index (χ4v) is 3.31. The van der Waals surface area contributed by atoms with Gasteiger partial charge in [-0.1, -0.05) is 0 Å². The maximum absolute atomic E-state index is 8.85. The first-order chi connectivity index (χ1) is 9.76. The van der Waals surface area contributed by atoms with Gasteiger partial charge in [0.25, 0.3) is 0 Å². The van der Waals surface area contributed by atoms with Crippen molar-refractivity contribution in [3.05, 3.63) is 29.8 Å². The monoisotopic (exact) mass is 270 g/mol. The average Bonchev–Trinajstić information content (AvgIpc) is 2.98. The lowest BCUT2D eigenvalue weighted by molar-refractivity contribution is 0.163. The maximum atomic E-state index is 8.85. The summed E-state index contributed by atoms with van der Waals surface area (Å²) in [6, 6.07) is 11.2. The average molecular weight is 270 g/mol. The first-order valence-electron chi connectivity index (χ1n) is 7.51. The van der Waals surface area contributed by atoms with E-state index in [-0.39, 0.29) is 0 Å². The molecule has 0 bridgehead atoms. The SMILES string of the molecule is N#Cc1ccc(N2CCC(N3CCC(N)CC3)C2)cc1. The van der Waals surface area contributed by atoms with E-state index < -0.39 is 0 Å². The van der Waals surface area contributed by atoms with Crippen LogP contribution in [-0.4, -0.2) is 43.2 Å². The number of piperidine rings is 1. The van der Waals surface area contributed by atoms with Crippen molar-refractivity contribution in [1.29, 1.82) is 5.26 Å². The third-order valence-electron chi connectivity index (χ3n) is 4.62.